The SMILES string of the molecule is COc1ccc([C@]2(C)CC(=O)N(c3c(F)cc(C#Cc4ccccc4)cc3F)C(=O)N2C)cn1. The third kappa shape index (κ3) is 4.08. The summed E-state index contributed by atoms with van der Waals surface area (Å²) in [6.07, 6.45) is 1.31. The number of anilines is 1. The Bertz CT molecular complexity index is 1290. The molecule has 0 saturated carbocycles. The van der Waals surface area contributed by atoms with E-state index in [2.05, 4.69) is 16.8 Å². The van der Waals surface area contributed by atoms with Gasteiger partial charge >= 0.3 is 6.03 Å². The van der Waals surface area contributed by atoms with Crippen molar-refractivity contribution in [2.75, 3.05) is 19.1 Å². The summed E-state index contributed by atoms with van der Waals surface area (Å²) in [5.41, 5.74) is -0.422. The van der Waals surface area contributed by atoms with Gasteiger partial charge in [0.2, 0.25) is 11.8 Å². The zero-order valence-electron chi connectivity index (χ0n) is 18.8. The lowest BCUT2D eigenvalue weighted by molar-refractivity contribution is -0.122. The van der Waals surface area contributed by atoms with E-state index in [4.69, 9.17) is 4.74 Å². The molecule has 0 N–H and O–H groups in total. The molecule has 1 atom stereocenters. The predicted molar refractivity (Wildman–Crippen MR) is 122 cm³/mol. The molecule has 1 saturated heterocycles. The van der Waals surface area contributed by atoms with Gasteiger partial charge in [-0.2, -0.15) is 0 Å². The smallest absolute Gasteiger partial charge is 0.332 e. The van der Waals surface area contributed by atoms with Gasteiger partial charge in [0.05, 0.1) is 19.1 Å². The van der Waals surface area contributed by atoms with E-state index in [1.54, 1.807) is 43.3 Å². The lowest BCUT2D eigenvalue weighted by Crippen LogP contribution is -2.60. The number of imide groups is 1. The molecule has 1 fully saturated rings. The summed E-state index contributed by atoms with van der Waals surface area (Å²) in [5, 5.41) is 0. The Morgan fingerprint density at radius 3 is 2.24 bits per heavy atom. The summed E-state index contributed by atoms with van der Waals surface area (Å²) in [6.45, 7) is 1.69. The minimum Gasteiger partial charge on any atom is -0.481 e. The van der Waals surface area contributed by atoms with Gasteiger partial charge in [-0.15, -0.1) is 0 Å². The number of halogens is 2. The Morgan fingerprint density at radius 1 is 1.00 bits per heavy atom. The number of hydrogen-bond donors (Lipinski definition) is 0. The normalized spacial score (nSPS) is 17.9. The zero-order chi connectivity index (χ0) is 24.5. The van der Waals surface area contributed by atoms with Crippen molar-refractivity contribution in [1.82, 2.24) is 9.88 Å². The number of carbonyl (C=O) groups excluding carboxylic acids is 2. The number of ether oxygens (including phenoxy) is 1. The van der Waals surface area contributed by atoms with Crippen molar-refractivity contribution in [3.05, 3.63) is 89.1 Å². The average molecular weight is 461 g/mol. The van der Waals surface area contributed by atoms with Gasteiger partial charge in [0.25, 0.3) is 0 Å². The van der Waals surface area contributed by atoms with Crippen LogP contribution in [0.15, 0.2) is 60.8 Å². The van der Waals surface area contributed by atoms with Crippen LogP contribution in [-0.4, -0.2) is 36.0 Å². The number of aromatic nitrogens is 1. The quantitative estimate of drug-likeness (QED) is 0.540. The summed E-state index contributed by atoms with van der Waals surface area (Å²) in [5.74, 6) is 3.06. The van der Waals surface area contributed by atoms with Crippen molar-refractivity contribution in [3.8, 4) is 17.7 Å². The Morgan fingerprint density at radius 2 is 1.65 bits per heavy atom. The molecular weight excluding hydrogens is 440 g/mol. The molecule has 0 radical (unpaired) electrons. The highest BCUT2D eigenvalue weighted by atomic mass is 19.1. The van der Waals surface area contributed by atoms with Crippen LogP contribution in [0.25, 0.3) is 0 Å². The van der Waals surface area contributed by atoms with Crippen LogP contribution in [0.3, 0.4) is 0 Å². The van der Waals surface area contributed by atoms with Gasteiger partial charge in [-0.1, -0.05) is 30.0 Å². The molecule has 1 aliphatic heterocycles. The first-order chi connectivity index (χ1) is 16.2. The maximum absolute atomic E-state index is 15.0. The highest BCUT2D eigenvalue weighted by Crippen LogP contribution is 2.39. The molecule has 3 aromatic rings. The second kappa shape index (κ2) is 8.94. The molecular formula is C26H21F2N3O3. The summed E-state index contributed by atoms with van der Waals surface area (Å²) in [4.78, 5) is 32.2. The van der Waals surface area contributed by atoms with Gasteiger partial charge in [0.1, 0.15) is 5.69 Å². The highest BCUT2D eigenvalue weighted by molar-refractivity contribution is 6.16. The fourth-order valence-electron chi connectivity index (χ4n) is 3.81. The number of urea groups is 1. The molecule has 0 unspecified atom stereocenters. The number of rotatable bonds is 3. The molecule has 3 amide bonds. The maximum atomic E-state index is 15.0. The summed E-state index contributed by atoms with van der Waals surface area (Å²) in [6, 6.07) is 13.4. The Balaban J connectivity index is 1.66. The number of carbonyl (C=O) groups is 2. The average Bonchev–Trinajstić information content (AvgIpc) is 2.83. The van der Waals surface area contributed by atoms with Crippen molar-refractivity contribution < 1.29 is 23.1 Å². The molecule has 8 heteroatoms. The number of amides is 3. The van der Waals surface area contributed by atoms with E-state index in [0.29, 0.717) is 21.9 Å². The van der Waals surface area contributed by atoms with Crippen molar-refractivity contribution in [1.29, 1.82) is 0 Å². The van der Waals surface area contributed by atoms with Gasteiger partial charge in [0.15, 0.2) is 11.6 Å². The van der Waals surface area contributed by atoms with Gasteiger partial charge in [-0.05, 0) is 42.8 Å². The topological polar surface area (TPSA) is 62.7 Å². The first kappa shape index (κ1) is 22.9. The summed E-state index contributed by atoms with van der Waals surface area (Å²) < 4.78 is 35.0. The van der Waals surface area contributed by atoms with Crippen molar-refractivity contribution >= 4 is 17.6 Å². The lowest BCUT2D eigenvalue weighted by Gasteiger charge is -2.45. The molecule has 0 bridgehead atoms. The van der Waals surface area contributed by atoms with Crippen LogP contribution in [-0.2, 0) is 10.3 Å². The van der Waals surface area contributed by atoms with E-state index in [-0.39, 0.29) is 12.0 Å². The largest absolute Gasteiger partial charge is 0.481 e. The van der Waals surface area contributed by atoms with Gasteiger partial charge in [-0.3, -0.25) is 4.79 Å². The van der Waals surface area contributed by atoms with Crippen molar-refractivity contribution in [3.63, 3.8) is 0 Å². The van der Waals surface area contributed by atoms with E-state index in [9.17, 15) is 18.4 Å². The lowest BCUT2D eigenvalue weighted by atomic mass is 9.86. The van der Waals surface area contributed by atoms with Gasteiger partial charge < -0.3 is 9.64 Å². The highest BCUT2D eigenvalue weighted by Gasteiger charge is 2.47. The summed E-state index contributed by atoms with van der Waals surface area (Å²) in [7, 11) is 2.95. The van der Waals surface area contributed by atoms with Crippen LogP contribution in [0, 0.1) is 23.5 Å². The molecule has 1 aliphatic rings. The van der Waals surface area contributed by atoms with Crippen LogP contribution in [0.5, 0.6) is 5.88 Å². The Hall–Kier alpha value is -4.25. The fraction of sp³-hybridized carbons (Fsp3) is 0.192. The molecule has 2 heterocycles. The molecule has 2 aromatic carbocycles. The van der Waals surface area contributed by atoms with Gasteiger partial charge in [0, 0.05) is 30.4 Å². The maximum Gasteiger partial charge on any atom is 0.332 e. The number of hydrogen-bond acceptors (Lipinski definition) is 4. The molecule has 34 heavy (non-hydrogen) atoms. The van der Waals surface area contributed by atoms with E-state index in [1.807, 2.05) is 6.07 Å². The minimum absolute atomic E-state index is 0.0852. The van der Waals surface area contributed by atoms with Crippen LogP contribution in [0.2, 0.25) is 0 Å². The molecule has 4 rings (SSSR count). The molecule has 0 aliphatic carbocycles. The second-order valence-corrected chi connectivity index (χ2v) is 8.02. The standard InChI is InChI=1S/C26H21F2N3O3/c1-26(19-11-12-22(34-3)29-16-19)15-23(32)31(25(33)30(26)2)24-20(27)13-18(14-21(24)28)10-9-17-7-5-4-6-8-17/h4-8,11-14,16H,15H2,1-3H3/t26-/m0/s1. The monoisotopic (exact) mass is 461 g/mol. The van der Waals surface area contributed by atoms with Crippen LogP contribution < -0.4 is 9.64 Å². The fourth-order valence-corrected chi connectivity index (χ4v) is 3.81. The minimum atomic E-state index is -1.06. The van der Waals surface area contributed by atoms with Crippen molar-refractivity contribution in [2.45, 2.75) is 18.9 Å². The number of pyridine rings is 1. The van der Waals surface area contributed by atoms with E-state index in [1.165, 1.54) is 25.3 Å². The Labute approximate surface area is 195 Å². The van der Waals surface area contributed by atoms with E-state index in [0.717, 1.165) is 12.1 Å². The van der Waals surface area contributed by atoms with E-state index >= 15 is 0 Å². The van der Waals surface area contributed by atoms with E-state index < -0.39 is 34.8 Å². The van der Waals surface area contributed by atoms with Crippen LogP contribution in [0.4, 0.5) is 19.3 Å². The molecule has 6 nitrogen and oxygen atoms in total. The molecule has 0 spiro atoms. The van der Waals surface area contributed by atoms with Crippen molar-refractivity contribution in [2.24, 2.45) is 0 Å². The first-order valence-electron chi connectivity index (χ1n) is 10.4. The second-order valence-electron chi connectivity index (χ2n) is 8.02. The number of nitrogens with zero attached hydrogens (tertiary/aromatic N) is 3. The third-order valence-corrected chi connectivity index (χ3v) is 5.90. The zero-order valence-corrected chi connectivity index (χ0v) is 18.8. The van der Waals surface area contributed by atoms with Crippen LogP contribution in [0.1, 0.15) is 30.0 Å². The van der Waals surface area contributed by atoms with Crippen LogP contribution >= 0.6 is 0 Å². The molecule has 1 aromatic heterocycles. The predicted octanol–water partition coefficient (Wildman–Crippen LogP) is 4.47. The van der Waals surface area contributed by atoms with Gasteiger partial charge in [-0.25, -0.2) is 23.5 Å². The first-order valence-corrected chi connectivity index (χ1v) is 10.4. The Kier molecular flexibility index (Phi) is 6.03. The number of benzene rings is 2. The summed E-state index contributed by atoms with van der Waals surface area (Å²) >= 11 is 0. The molecule has 172 valence electrons. The third-order valence-electron chi connectivity index (χ3n) is 5.90. The number of methoxy groups -OCH3 is 1.